The monoisotopic (exact) mass is 463 g/mol. The Morgan fingerprint density at radius 3 is 2.64 bits per heavy atom. The van der Waals surface area contributed by atoms with E-state index in [1.165, 1.54) is 10.9 Å². The summed E-state index contributed by atoms with van der Waals surface area (Å²) < 4.78 is 2.21. The quantitative estimate of drug-likeness (QED) is 0.348. The number of hydrogen-bond donors (Lipinski definition) is 0. The van der Waals surface area contributed by atoms with Gasteiger partial charge in [0.15, 0.2) is 0 Å². The first-order valence-corrected chi connectivity index (χ1v) is 12.1. The zero-order valence-corrected chi connectivity index (χ0v) is 19.4. The van der Waals surface area contributed by atoms with Crippen LogP contribution in [0.4, 0.5) is 11.5 Å². The Morgan fingerprint density at radius 2 is 1.75 bits per heavy atom. The van der Waals surface area contributed by atoms with Crippen LogP contribution in [-0.4, -0.2) is 15.6 Å². The number of hydrogen-bond acceptors (Lipinski definition) is 4. The molecule has 7 rings (SSSR count). The van der Waals surface area contributed by atoms with E-state index in [1.54, 1.807) is 0 Å². The minimum absolute atomic E-state index is 0.105. The molecule has 0 bridgehead atoms. The number of nitriles is 2. The zero-order valence-electron chi connectivity index (χ0n) is 19.4. The number of para-hydroxylation sites is 1. The van der Waals surface area contributed by atoms with Gasteiger partial charge in [0, 0.05) is 17.0 Å². The zero-order chi connectivity index (χ0) is 24.2. The van der Waals surface area contributed by atoms with Gasteiger partial charge < -0.3 is 4.90 Å². The maximum atomic E-state index is 9.52. The van der Waals surface area contributed by atoms with Crippen molar-refractivity contribution in [3.05, 3.63) is 113 Å². The third-order valence-corrected chi connectivity index (χ3v) is 7.47. The number of aromatic nitrogens is 2. The number of fused-ring (bicyclic) bond motifs is 6. The third-order valence-electron chi connectivity index (χ3n) is 7.47. The van der Waals surface area contributed by atoms with E-state index in [2.05, 4.69) is 82.3 Å². The van der Waals surface area contributed by atoms with E-state index in [4.69, 9.17) is 4.98 Å². The smallest absolute Gasteiger partial charge is 0.140 e. The Bertz CT molecular complexity index is 1720. The Kier molecular flexibility index (Phi) is 4.46. The highest BCUT2D eigenvalue weighted by Gasteiger charge is 2.38. The summed E-state index contributed by atoms with van der Waals surface area (Å²) in [5.41, 5.74) is 6.29. The largest absolute Gasteiger partial charge is 0.318 e. The van der Waals surface area contributed by atoms with Crippen molar-refractivity contribution < 1.29 is 0 Å². The second kappa shape index (κ2) is 7.83. The fourth-order valence-electron chi connectivity index (χ4n) is 5.89. The van der Waals surface area contributed by atoms with Crippen molar-refractivity contribution in [3.63, 3.8) is 0 Å². The van der Waals surface area contributed by atoms with Gasteiger partial charge in [0.25, 0.3) is 0 Å². The van der Waals surface area contributed by atoms with Crippen molar-refractivity contribution >= 4 is 28.5 Å². The molecule has 0 saturated heterocycles. The predicted octanol–water partition coefficient (Wildman–Crippen LogP) is 6.34. The molecule has 3 aliphatic rings. The van der Waals surface area contributed by atoms with Crippen LogP contribution in [0.25, 0.3) is 22.8 Å². The van der Waals surface area contributed by atoms with E-state index in [-0.39, 0.29) is 17.9 Å². The summed E-state index contributed by atoms with van der Waals surface area (Å²) in [6.45, 7) is 0. The second-order valence-corrected chi connectivity index (χ2v) is 9.41. The molecule has 4 aromatic rings. The second-order valence-electron chi connectivity index (χ2n) is 9.41. The van der Waals surface area contributed by atoms with Gasteiger partial charge in [-0.2, -0.15) is 10.5 Å². The van der Waals surface area contributed by atoms with E-state index >= 15 is 0 Å². The van der Waals surface area contributed by atoms with Crippen LogP contribution in [0.1, 0.15) is 28.3 Å². The lowest BCUT2D eigenvalue weighted by molar-refractivity contribution is 0.737. The number of pyridine rings is 1. The van der Waals surface area contributed by atoms with Gasteiger partial charge in [-0.05, 0) is 60.0 Å². The molecule has 3 heterocycles. The molecule has 0 spiro atoms. The van der Waals surface area contributed by atoms with E-state index in [0.717, 1.165) is 34.1 Å². The van der Waals surface area contributed by atoms with Crippen LogP contribution >= 0.6 is 0 Å². The van der Waals surface area contributed by atoms with Gasteiger partial charge >= 0.3 is 0 Å². The van der Waals surface area contributed by atoms with Crippen LogP contribution in [0.3, 0.4) is 0 Å². The Hall–Kier alpha value is -4.87. The SMILES string of the molecule is N#Cc1ccc2c(c1)C1C=CC=CC1N2c1cccc(-n2c3c(c4ccccc42)CC(C#N)C=C3)n1. The Balaban J connectivity index is 1.40. The van der Waals surface area contributed by atoms with Gasteiger partial charge in [-0.15, -0.1) is 0 Å². The first kappa shape index (κ1) is 20.5. The topological polar surface area (TPSA) is 68.6 Å². The fraction of sp³-hybridized carbons (Fsp3) is 0.129. The summed E-state index contributed by atoms with van der Waals surface area (Å²) in [5, 5.41) is 20.2. The highest BCUT2D eigenvalue weighted by Crippen LogP contribution is 2.47. The van der Waals surface area contributed by atoms with Gasteiger partial charge in [-0.1, -0.05) is 54.6 Å². The number of benzene rings is 2. The molecule has 2 aromatic carbocycles. The minimum atomic E-state index is -0.112. The third kappa shape index (κ3) is 2.90. The highest BCUT2D eigenvalue weighted by molar-refractivity contribution is 5.90. The van der Waals surface area contributed by atoms with Crippen molar-refractivity contribution in [1.82, 2.24) is 9.55 Å². The molecule has 2 aliphatic carbocycles. The highest BCUT2D eigenvalue weighted by atomic mass is 15.3. The molecule has 0 radical (unpaired) electrons. The molecule has 3 unspecified atom stereocenters. The maximum Gasteiger partial charge on any atom is 0.140 e. The lowest BCUT2D eigenvalue weighted by Crippen LogP contribution is -2.29. The normalized spacial score (nSPS) is 21.1. The van der Waals surface area contributed by atoms with Crippen LogP contribution in [-0.2, 0) is 6.42 Å². The molecule has 0 N–H and O–H groups in total. The summed E-state index contributed by atoms with van der Waals surface area (Å²) in [6, 6.07) is 25.2. The van der Waals surface area contributed by atoms with Crippen LogP contribution < -0.4 is 4.90 Å². The fourth-order valence-corrected chi connectivity index (χ4v) is 5.89. The van der Waals surface area contributed by atoms with Crippen LogP contribution in [0.5, 0.6) is 0 Å². The molecule has 0 fully saturated rings. The van der Waals surface area contributed by atoms with Gasteiger partial charge in [0.2, 0.25) is 0 Å². The van der Waals surface area contributed by atoms with Crippen molar-refractivity contribution in [1.29, 1.82) is 10.5 Å². The summed E-state index contributed by atoms with van der Waals surface area (Å²) in [4.78, 5) is 7.48. The molecule has 5 nitrogen and oxygen atoms in total. The van der Waals surface area contributed by atoms with E-state index in [1.807, 2.05) is 36.4 Å². The predicted molar refractivity (Wildman–Crippen MR) is 141 cm³/mol. The van der Waals surface area contributed by atoms with E-state index in [9.17, 15) is 10.5 Å². The molecule has 1 aliphatic heterocycles. The Labute approximate surface area is 209 Å². The summed E-state index contributed by atoms with van der Waals surface area (Å²) in [6.07, 6.45) is 13.4. The first-order chi connectivity index (χ1) is 17.8. The molecule has 0 saturated carbocycles. The molecule has 0 amide bonds. The minimum Gasteiger partial charge on any atom is -0.318 e. The van der Waals surface area contributed by atoms with Gasteiger partial charge in [-0.25, -0.2) is 4.98 Å². The summed E-state index contributed by atoms with van der Waals surface area (Å²) in [7, 11) is 0. The lowest BCUT2D eigenvalue weighted by Gasteiger charge is -2.28. The average Bonchev–Trinajstić information content (AvgIpc) is 3.45. The van der Waals surface area contributed by atoms with Gasteiger partial charge in [0.1, 0.15) is 11.6 Å². The van der Waals surface area contributed by atoms with Crippen LogP contribution in [0.15, 0.2) is 91.0 Å². The van der Waals surface area contributed by atoms with E-state index < -0.39 is 0 Å². The molecule has 2 aromatic heterocycles. The average molecular weight is 464 g/mol. The standard InChI is InChI=1S/C31H21N5/c32-18-20-12-14-28-24(16-20)22-6-1-3-8-26(22)35(28)30-10-5-11-31(34-30)36-27-9-4-2-7-23(27)25-17-21(19-33)13-15-29(25)36/h1-16,21-22,26H,17H2. The molecule has 5 heteroatoms. The number of allylic oxidation sites excluding steroid dienone is 3. The molecular weight excluding hydrogens is 442 g/mol. The van der Waals surface area contributed by atoms with Gasteiger partial charge in [0.05, 0.1) is 40.9 Å². The lowest BCUT2D eigenvalue weighted by atomic mass is 9.91. The molecular formula is C31H21N5. The summed E-state index contributed by atoms with van der Waals surface area (Å²) >= 11 is 0. The molecule has 170 valence electrons. The van der Waals surface area contributed by atoms with Crippen molar-refractivity contribution in [2.24, 2.45) is 5.92 Å². The number of rotatable bonds is 2. The van der Waals surface area contributed by atoms with Crippen molar-refractivity contribution in [3.8, 4) is 18.0 Å². The van der Waals surface area contributed by atoms with Gasteiger partial charge in [-0.3, -0.25) is 4.57 Å². The number of anilines is 2. The maximum absolute atomic E-state index is 9.52. The Morgan fingerprint density at radius 1 is 0.889 bits per heavy atom. The van der Waals surface area contributed by atoms with Crippen molar-refractivity contribution in [2.45, 2.75) is 18.4 Å². The van der Waals surface area contributed by atoms with Crippen molar-refractivity contribution in [2.75, 3.05) is 4.90 Å². The van der Waals surface area contributed by atoms with Crippen LogP contribution in [0.2, 0.25) is 0 Å². The van der Waals surface area contributed by atoms with E-state index in [0.29, 0.717) is 12.0 Å². The molecule has 3 atom stereocenters. The molecule has 36 heavy (non-hydrogen) atoms. The summed E-state index contributed by atoms with van der Waals surface area (Å²) in [5.74, 6) is 1.78. The first-order valence-electron chi connectivity index (χ1n) is 12.1. The van der Waals surface area contributed by atoms with Crippen LogP contribution in [0, 0.1) is 28.6 Å². The number of nitrogens with zero attached hydrogens (tertiary/aromatic N) is 5.